The molecule has 0 saturated carbocycles. The summed E-state index contributed by atoms with van der Waals surface area (Å²) in [6.07, 6.45) is 3.17. The Balaban J connectivity index is 2.91. The maximum atomic E-state index is 12.6. The van der Waals surface area contributed by atoms with Gasteiger partial charge in [-0.3, -0.25) is 15.6 Å². The van der Waals surface area contributed by atoms with E-state index in [1.165, 1.54) is 0 Å². The lowest BCUT2D eigenvalue weighted by Crippen LogP contribution is -2.39. The summed E-state index contributed by atoms with van der Waals surface area (Å²) in [5, 5.41) is 0. The van der Waals surface area contributed by atoms with Gasteiger partial charge in [-0.25, -0.2) is 0 Å². The number of nitrogens with one attached hydrogen (secondary N) is 1. The number of nitrogens with zero attached hydrogens (tertiary/aromatic N) is 3. The molecule has 0 spiro atoms. The highest BCUT2D eigenvalue weighted by molar-refractivity contribution is 5.99. The highest BCUT2D eigenvalue weighted by Gasteiger charge is 2.19. The first-order valence-electron chi connectivity index (χ1n) is 6.80. The van der Waals surface area contributed by atoms with E-state index in [1.54, 1.807) is 18.5 Å². The van der Waals surface area contributed by atoms with Crippen molar-refractivity contribution in [1.82, 2.24) is 14.8 Å². The number of rotatable bonds is 7. The van der Waals surface area contributed by atoms with Crippen molar-refractivity contribution in [2.24, 2.45) is 11.8 Å². The third-order valence-electron chi connectivity index (χ3n) is 2.90. The van der Waals surface area contributed by atoms with Crippen molar-refractivity contribution >= 4 is 11.6 Å². The number of amides is 1. The molecule has 1 heterocycles. The third-order valence-corrected chi connectivity index (χ3v) is 2.90. The van der Waals surface area contributed by atoms with Crippen LogP contribution in [0, 0.1) is 5.92 Å². The van der Waals surface area contributed by atoms with Gasteiger partial charge in [0.15, 0.2) is 0 Å². The number of hydrogen-bond acceptors (Lipinski definition) is 5. The number of carbonyl (C=O) groups is 1. The zero-order chi connectivity index (χ0) is 15.1. The van der Waals surface area contributed by atoms with Crippen LogP contribution in [-0.2, 0) is 0 Å². The van der Waals surface area contributed by atoms with Gasteiger partial charge in [-0.15, -0.1) is 0 Å². The number of aromatic nitrogens is 1. The highest BCUT2D eigenvalue weighted by atomic mass is 16.2. The Kier molecular flexibility index (Phi) is 6.41. The van der Waals surface area contributed by atoms with Gasteiger partial charge in [-0.1, -0.05) is 13.8 Å². The molecule has 1 amide bonds. The average Bonchev–Trinajstić information content (AvgIpc) is 2.42. The number of likely N-dealkylation sites (N-methyl/N-ethyl adjacent to an activating group) is 1. The van der Waals surface area contributed by atoms with Crippen molar-refractivity contribution in [1.29, 1.82) is 0 Å². The van der Waals surface area contributed by atoms with Crippen LogP contribution in [-0.4, -0.2) is 54.4 Å². The molecule has 20 heavy (non-hydrogen) atoms. The van der Waals surface area contributed by atoms with Crippen molar-refractivity contribution in [2.75, 3.05) is 39.2 Å². The molecule has 0 aromatic carbocycles. The fourth-order valence-corrected chi connectivity index (χ4v) is 1.90. The fourth-order valence-electron chi connectivity index (χ4n) is 1.90. The number of pyridine rings is 1. The van der Waals surface area contributed by atoms with Crippen LogP contribution in [0.25, 0.3) is 0 Å². The predicted molar refractivity (Wildman–Crippen MR) is 81.3 cm³/mol. The van der Waals surface area contributed by atoms with Gasteiger partial charge in [0, 0.05) is 32.0 Å². The van der Waals surface area contributed by atoms with E-state index in [-0.39, 0.29) is 5.91 Å². The van der Waals surface area contributed by atoms with Crippen LogP contribution in [0.15, 0.2) is 18.5 Å². The Hall–Kier alpha value is -1.66. The van der Waals surface area contributed by atoms with Gasteiger partial charge in [0.2, 0.25) is 0 Å². The molecular formula is C14H25N5O. The Bertz CT molecular complexity index is 433. The number of hydrogen-bond donors (Lipinski definition) is 2. The second kappa shape index (κ2) is 7.81. The van der Waals surface area contributed by atoms with E-state index in [0.717, 1.165) is 6.54 Å². The predicted octanol–water partition coefficient (Wildman–Crippen LogP) is 1.03. The number of carbonyl (C=O) groups excluding carboxylic acids is 1. The molecule has 0 unspecified atom stereocenters. The van der Waals surface area contributed by atoms with Gasteiger partial charge in [0.05, 0.1) is 11.3 Å². The SMILES string of the molecule is CC(C)CN(CCN(C)C)C(=O)c1cnccc1NN. The quantitative estimate of drug-likeness (QED) is 0.576. The molecular weight excluding hydrogens is 254 g/mol. The summed E-state index contributed by atoms with van der Waals surface area (Å²) in [5.74, 6) is 5.82. The van der Waals surface area contributed by atoms with Gasteiger partial charge in [-0.05, 0) is 26.1 Å². The summed E-state index contributed by atoms with van der Waals surface area (Å²) in [6.45, 7) is 6.42. The Morgan fingerprint density at radius 3 is 2.65 bits per heavy atom. The van der Waals surface area contributed by atoms with Crippen molar-refractivity contribution in [3.05, 3.63) is 24.0 Å². The minimum absolute atomic E-state index is 0.0402. The molecule has 112 valence electrons. The zero-order valence-electron chi connectivity index (χ0n) is 12.8. The van der Waals surface area contributed by atoms with Gasteiger partial charge < -0.3 is 15.2 Å². The van der Waals surface area contributed by atoms with Crippen LogP contribution in [0.4, 0.5) is 5.69 Å². The highest BCUT2D eigenvalue weighted by Crippen LogP contribution is 2.15. The lowest BCUT2D eigenvalue weighted by Gasteiger charge is -2.26. The Morgan fingerprint density at radius 2 is 2.10 bits per heavy atom. The topological polar surface area (TPSA) is 74.5 Å². The molecule has 1 aromatic heterocycles. The molecule has 0 fully saturated rings. The van der Waals surface area contributed by atoms with Gasteiger partial charge in [0.1, 0.15) is 0 Å². The first-order valence-corrected chi connectivity index (χ1v) is 6.80. The van der Waals surface area contributed by atoms with Crippen LogP contribution < -0.4 is 11.3 Å². The van der Waals surface area contributed by atoms with Crippen LogP contribution in [0.2, 0.25) is 0 Å². The maximum Gasteiger partial charge on any atom is 0.257 e. The molecule has 6 nitrogen and oxygen atoms in total. The van der Waals surface area contributed by atoms with Crippen molar-refractivity contribution < 1.29 is 4.79 Å². The van der Waals surface area contributed by atoms with Crippen molar-refractivity contribution in [3.8, 4) is 0 Å². The molecule has 0 aliphatic carbocycles. The fraction of sp³-hybridized carbons (Fsp3) is 0.571. The summed E-state index contributed by atoms with van der Waals surface area (Å²) in [5.41, 5.74) is 3.66. The summed E-state index contributed by atoms with van der Waals surface area (Å²) in [6, 6.07) is 1.70. The second-order valence-electron chi connectivity index (χ2n) is 5.51. The monoisotopic (exact) mass is 279 g/mol. The van der Waals surface area contributed by atoms with E-state index in [9.17, 15) is 4.79 Å². The molecule has 3 N–H and O–H groups in total. The van der Waals surface area contributed by atoms with E-state index < -0.39 is 0 Å². The molecule has 0 radical (unpaired) electrons. The van der Waals surface area contributed by atoms with Crippen LogP contribution >= 0.6 is 0 Å². The third kappa shape index (κ3) is 4.79. The van der Waals surface area contributed by atoms with E-state index in [0.29, 0.717) is 30.3 Å². The lowest BCUT2D eigenvalue weighted by atomic mass is 10.1. The molecule has 0 atom stereocenters. The Labute approximate surface area is 120 Å². The van der Waals surface area contributed by atoms with Crippen LogP contribution in [0.3, 0.4) is 0 Å². The number of hydrazine groups is 1. The Morgan fingerprint density at radius 1 is 1.40 bits per heavy atom. The van der Waals surface area contributed by atoms with Crippen LogP contribution in [0.5, 0.6) is 0 Å². The number of anilines is 1. The molecule has 6 heteroatoms. The summed E-state index contributed by atoms with van der Waals surface area (Å²) in [4.78, 5) is 20.6. The van der Waals surface area contributed by atoms with Crippen molar-refractivity contribution in [2.45, 2.75) is 13.8 Å². The van der Waals surface area contributed by atoms with Gasteiger partial charge in [0.25, 0.3) is 5.91 Å². The zero-order valence-corrected chi connectivity index (χ0v) is 12.8. The minimum atomic E-state index is -0.0402. The molecule has 1 rings (SSSR count). The second-order valence-corrected chi connectivity index (χ2v) is 5.51. The molecule has 0 aliphatic heterocycles. The van der Waals surface area contributed by atoms with E-state index in [1.807, 2.05) is 19.0 Å². The van der Waals surface area contributed by atoms with Gasteiger partial charge in [-0.2, -0.15) is 0 Å². The molecule has 0 bridgehead atoms. The standard InChI is InChI=1S/C14H25N5O/c1-11(2)10-19(8-7-18(3)4)14(20)12-9-16-6-5-13(12)17-15/h5-6,9,11H,7-8,10,15H2,1-4H3,(H,16,17). The summed E-state index contributed by atoms with van der Waals surface area (Å²) in [7, 11) is 3.99. The van der Waals surface area contributed by atoms with Crippen molar-refractivity contribution in [3.63, 3.8) is 0 Å². The summed E-state index contributed by atoms with van der Waals surface area (Å²) < 4.78 is 0. The smallest absolute Gasteiger partial charge is 0.257 e. The van der Waals surface area contributed by atoms with E-state index in [4.69, 9.17) is 5.84 Å². The number of nitrogens with two attached hydrogens (primary N) is 1. The van der Waals surface area contributed by atoms with E-state index in [2.05, 4.69) is 29.2 Å². The number of nitrogen functional groups attached to an aromatic ring is 1. The minimum Gasteiger partial charge on any atom is -0.337 e. The van der Waals surface area contributed by atoms with Gasteiger partial charge >= 0.3 is 0 Å². The molecule has 0 aliphatic rings. The first-order chi connectivity index (χ1) is 9.45. The first kappa shape index (κ1) is 16.4. The lowest BCUT2D eigenvalue weighted by molar-refractivity contribution is 0.0725. The summed E-state index contributed by atoms with van der Waals surface area (Å²) >= 11 is 0. The van der Waals surface area contributed by atoms with E-state index >= 15 is 0 Å². The molecule has 0 saturated heterocycles. The van der Waals surface area contributed by atoms with Crippen LogP contribution in [0.1, 0.15) is 24.2 Å². The maximum absolute atomic E-state index is 12.6. The largest absolute Gasteiger partial charge is 0.337 e. The molecule has 1 aromatic rings. The normalized spacial score (nSPS) is 10.9. The average molecular weight is 279 g/mol.